The van der Waals surface area contributed by atoms with E-state index in [0.717, 1.165) is 21.6 Å². The largest absolute Gasteiger partial charge is 0.325 e. The van der Waals surface area contributed by atoms with Crippen LogP contribution in [0.5, 0.6) is 0 Å². The molecule has 0 aliphatic rings. The van der Waals surface area contributed by atoms with Crippen LogP contribution in [0.3, 0.4) is 0 Å². The maximum atomic E-state index is 13.6. The van der Waals surface area contributed by atoms with E-state index in [9.17, 15) is 18.8 Å². The van der Waals surface area contributed by atoms with E-state index in [-0.39, 0.29) is 11.6 Å². The summed E-state index contributed by atoms with van der Waals surface area (Å²) >= 11 is 1.31. The van der Waals surface area contributed by atoms with E-state index in [0.29, 0.717) is 16.9 Å². The molecule has 6 nitrogen and oxygen atoms in total. The van der Waals surface area contributed by atoms with Crippen molar-refractivity contribution in [1.82, 2.24) is 5.32 Å². The van der Waals surface area contributed by atoms with Crippen LogP contribution in [0, 0.1) is 12.7 Å². The number of halogens is 1. The summed E-state index contributed by atoms with van der Waals surface area (Å²) in [5.74, 6) is -1.58. The van der Waals surface area contributed by atoms with E-state index in [2.05, 4.69) is 16.0 Å². The van der Waals surface area contributed by atoms with Gasteiger partial charge in [0.05, 0.1) is 0 Å². The highest BCUT2D eigenvalue weighted by atomic mass is 32.2. The van der Waals surface area contributed by atoms with Gasteiger partial charge in [0.1, 0.15) is 16.8 Å². The second-order valence-corrected chi connectivity index (χ2v) is 11.4. The fraction of sp³-hybridized carbons (Fsp3) is 0.0541. The quantitative estimate of drug-likeness (QED) is 0.110. The minimum atomic E-state index is -0.635. The number of aryl methyl sites for hydroxylation is 1. The Kier molecular flexibility index (Phi) is 10.2. The van der Waals surface area contributed by atoms with Crippen LogP contribution in [0.2, 0.25) is 0 Å². The molecule has 0 bridgehead atoms. The van der Waals surface area contributed by atoms with E-state index >= 15 is 0 Å². The minimum absolute atomic E-state index is 0.0772. The maximum absolute atomic E-state index is 13.6. The van der Waals surface area contributed by atoms with Crippen molar-refractivity contribution in [2.24, 2.45) is 0 Å². The molecule has 0 aliphatic heterocycles. The van der Waals surface area contributed by atoms with Crippen molar-refractivity contribution in [3.63, 3.8) is 0 Å². The lowest BCUT2D eigenvalue weighted by atomic mass is 10.1. The third kappa shape index (κ3) is 8.78. The fourth-order valence-corrected chi connectivity index (χ4v) is 5.58. The number of anilines is 2. The molecule has 1 atom stereocenters. The summed E-state index contributed by atoms with van der Waals surface area (Å²) in [4.78, 5) is 40.7. The molecule has 0 saturated carbocycles. The van der Waals surface area contributed by atoms with Crippen molar-refractivity contribution in [3.05, 3.63) is 167 Å². The molecule has 0 heterocycles. The smallest absolute Gasteiger partial charge is 0.272 e. The predicted octanol–water partition coefficient (Wildman–Crippen LogP) is 8.02. The summed E-state index contributed by atoms with van der Waals surface area (Å²) in [6, 6.07) is 38.3. The fourth-order valence-electron chi connectivity index (χ4n) is 4.49. The molecule has 0 fully saturated rings. The molecule has 5 aromatic carbocycles. The molecule has 45 heavy (non-hydrogen) atoms. The first kappa shape index (κ1) is 31.0. The van der Waals surface area contributed by atoms with Gasteiger partial charge in [-0.2, -0.15) is 0 Å². The van der Waals surface area contributed by atoms with Crippen LogP contribution in [0.1, 0.15) is 32.3 Å². The van der Waals surface area contributed by atoms with Gasteiger partial charge < -0.3 is 16.0 Å². The van der Waals surface area contributed by atoms with E-state index < -0.39 is 22.9 Å². The lowest BCUT2D eigenvalue weighted by Gasteiger charge is -2.18. The summed E-state index contributed by atoms with van der Waals surface area (Å²) < 4.78 is 13.4. The average molecular weight is 616 g/mol. The van der Waals surface area contributed by atoms with Gasteiger partial charge in [0.25, 0.3) is 11.8 Å². The van der Waals surface area contributed by atoms with Crippen LogP contribution in [0.15, 0.2) is 144 Å². The second kappa shape index (κ2) is 14.8. The Balaban J connectivity index is 1.37. The van der Waals surface area contributed by atoms with Crippen molar-refractivity contribution in [2.45, 2.75) is 17.1 Å². The van der Waals surface area contributed by atoms with Gasteiger partial charge in [-0.15, -0.1) is 11.8 Å². The number of amides is 3. The zero-order valence-corrected chi connectivity index (χ0v) is 25.2. The van der Waals surface area contributed by atoms with Crippen molar-refractivity contribution < 1.29 is 18.8 Å². The van der Waals surface area contributed by atoms with E-state index in [1.807, 2.05) is 73.7 Å². The first-order chi connectivity index (χ1) is 21.8. The summed E-state index contributed by atoms with van der Waals surface area (Å²) in [5.41, 5.74) is 4.02. The first-order valence-corrected chi connectivity index (χ1v) is 15.1. The van der Waals surface area contributed by atoms with Gasteiger partial charge in [-0.05, 0) is 78.7 Å². The summed E-state index contributed by atoms with van der Waals surface area (Å²) in [5, 5.41) is 7.88. The molecule has 3 amide bonds. The van der Waals surface area contributed by atoms with Crippen molar-refractivity contribution in [1.29, 1.82) is 0 Å². The number of carbonyl (C=O) groups excluding carboxylic acids is 3. The van der Waals surface area contributed by atoms with Gasteiger partial charge in [-0.1, -0.05) is 84.4 Å². The van der Waals surface area contributed by atoms with Crippen LogP contribution in [0.25, 0.3) is 6.08 Å². The topological polar surface area (TPSA) is 87.3 Å². The highest BCUT2D eigenvalue weighted by Gasteiger charge is 2.23. The minimum Gasteiger partial charge on any atom is -0.325 e. The third-order valence-electron chi connectivity index (χ3n) is 6.68. The normalized spacial score (nSPS) is 11.7. The Morgan fingerprint density at radius 3 is 2.11 bits per heavy atom. The monoisotopic (exact) mass is 615 g/mol. The first-order valence-electron chi connectivity index (χ1n) is 14.2. The Hall–Kier alpha value is -5.47. The molecule has 0 aliphatic carbocycles. The Morgan fingerprint density at radius 1 is 0.711 bits per heavy atom. The van der Waals surface area contributed by atoms with Gasteiger partial charge in [0.15, 0.2) is 0 Å². The molecule has 5 aromatic rings. The molecular formula is C37H30FN3O3S. The molecule has 0 radical (unpaired) electrons. The summed E-state index contributed by atoms with van der Waals surface area (Å²) in [6.45, 7) is 1.95. The number of hydrogen-bond donors (Lipinski definition) is 3. The van der Waals surface area contributed by atoms with Gasteiger partial charge >= 0.3 is 0 Å². The zero-order valence-electron chi connectivity index (χ0n) is 24.4. The SMILES string of the molecule is Cc1cccc(/C=C(/NC(=O)c2ccccc2)C(=O)Nc2cccc(SC(C(=O)Nc3ccc(F)cc3)c3ccccc3)c2)c1. The van der Waals surface area contributed by atoms with Crippen molar-refractivity contribution >= 4 is 46.9 Å². The average Bonchev–Trinajstić information content (AvgIpc) is 3.05. The summed E-state index contributed by atoms with van der Waals surface area (Å²) in [6.07, 6.45) is 1.63. The third-order valence-corrected chi connectivity index (χ3v) is 7.93. The predicted molar refractivity (Wildman–Crippen MR) is 178 cm³/mol. The molecule has 0 spiro atoms. The standard InChI is InChI=1S/C37H30FN3O3S/c1-25-10-8-11-26(22-25)23-33(41-35(42)28-14-6-3-7-15-28)36(43)40-31-16-9-17-32(24-31)45-34(27-12-4-2-5-13-27)37(44)39-30-20-18-29(38)19-21-30/h2-24,34H,1H3,(H,39,44)(H,40,43)(H,41,42)/b33-23+. The molecule has 0 saturated heterocycles. The lowest BCUT2D eigenvalue weighted by molar-refractivity contribution is -0.116. The molecule has 224 valence electrons. The van der Waals surface area contributed by atoms with Crippen LogP contribution >= 0.6 is 11.8 Å². The molecule has 5 rings (SSSR count). The van der Waals surface area contributed by atoms with Gasteiger partial charge in [-0.25, -0.2) is 4.39 Å². The van der Waals surface area contributed by atoms with E-state index in [1.54, 1.807) is 48.5 Å². The molecule has 1 unspecified atom stereocenters. The number of rotatable bonds is 10. The molecule has 8 heteroatoms. The highest BCUT2D eigenvalue weighted by Crippen LogP contribution is 2.37. The second-order valence-electron chi connectivity index (χ2n) is 10.2. The van der Waals surface area contributed by atoms with Crippen LogP contribution in [-0.4, -0.2) is 17.7 Å². The Bertz CT molecular complexity index is 1830. The van der Waals surface area contributed by atoms with E-state index in [4.69, 9.17) is 0 Å². The number of benzene rings is 5. The lowest BCUT2D eigenvalue weighted by Crippen LogP contribution is -2.30. The van der Waals surface area contributed by atoms with Crippen molar-refractivity contribution in [3.8, 4) is 0 Å². The van der Waals surface area contributed by atoms with Gasteiger partial charge in [0, 0.05) is 21.8 Å². The number of hydrogen-bond acceptors (Lipinski definition) is 4. The molecule has 0 aromatic heterocycles. The van der Waals surface area contributed by atoms with Crippen molar-refractivity contribution in [2.75, 3.05) is 10.6 Å². The van der Waals surface area contributed by atoms with Crippen LogP contribution in [0.4, 0.5) is 15.8 Å². The number of nitrogens with one attached hydrogen (secondary N) is 3. The Morgan fingerprint density at radius 2 is 1.40 bits per heavy atom. The molecular weight excluding hydrogens is 585 g/mol. The highest BCUT2D eigenvalue weighted by molar-refractivity contribution is 8.00. The van der Waals surface area contributed by atoms with Crippen LogP contribution < -0.4 is 16.0 Å². The van der Waals surface area contributed by atoms with Gasteiger partial charge in [-0.3, -0.25) is 14.4 Å². The maximum Gasteiger partial charge on any atom is 0.272 e. The number of carbonyl (C=O) groups is 3. The Labute approximate surface area is 265 Å². The zero-order chi connectivity index (χ0) is 31.6. The van der Waals surface area contributed by atoms with E-state index in [1.165, 1.54) is 36.0 Å². The van der Waals surface area contributed by atoms with Gasteiger partial charge in [0.2, 0.25) is 5.91 Å². The van der Waals surface area contributed by atoms with Crippen LogP contribution in [-0.2, 0) is 9.59 Å². The molecule has 3 N–H and O–H groups in total. The summed E-state index contributed by atoms with van der Waals surface area (Å²) in [7, 11) is 0. The number of thioether (sulfide) groups is 1.